The van der Waals surface area contributed by atoms with E-state index in [0.29, 0.717) is 6.42 Å². The maximum Gasteiger partial charge on any atom is 0.224 e. The first-order valence-electron chi connectivity index (χ1n) is 7.54. The number of amides is 1. The minimum absolute atomic E-state index is 0. The predicted molar refractivity (Wildman–Crippen MR) is 93.2 cm³/mol. The van der Waals surface area contributed by atoms with Crippen LogP contribution in [0.1, 0.15) is 58.4 Å². The maximum atomic E-state index is 12.0. The van der Waals surface area contributed by atoms with Gasteiger partial charge in [0, 0.05) is 12.1 Å². The van der Waals surface area contributed by atoms with Crippen molar-refractivity contribution in [3.05, 3.63) is 29.8 Å². The van der Waals surface area contributed by atoms with Crippen LogP contribution in [-0.4, -0.2) is 12.5 Å². The van der Waals surface area contributed by atoms with Crippen LogP contribution in [0.4, 0.5) is 5.69 Å². The predicted octanol–water partition coefficient (Wildman–Crippen LogP) is 4.25. The summed E-state index contributed by atoms with van der Waals surface area (Å²) in [7, 11) is 0. The van der Waals surface area contributed by atoms with Gasteiger partial charge in [0.25, 0.3) is 0 Å². The normalized spacial score (nSPS) is 10.9. The minimum Gasteiger partial charge on any atom is -0.330 e. The number of nitrogens with two attached hydrogens (primary N) is 1. The molecule has 4 heteroatoms. The highest BCUT2D eigenvalue weighted by Crippen LogP contribution is 2.29. The molecule has 3 nitrogen and oxygen atoms in total. The van der Waals surface area contributed by atoms with E-state index in [1.807, 2.05) is 18.2 Å². The molecule has 0 saturated heterocycles. The van der Waals surface area contributed by atoms with E-state index in [9.17, 15) is 4.79 Å². The minimum atomic E-state index is 0. The van der Waals surface area contributed by atoms with E-state index < -0.39 is 0 Å². The highest BCUT2D eigenvalue weighted by molar-refractivity contribution is 5.91. The van der Waals surface area contributed by atoms with E-state index in [1.54, 1.807) is 0 Å². The van der Waals surface area contributed by atoms with E-state index >= 15 is 0 Å². The van der Waals surface area contributed by atoms with Gasteiger partial charge in [-0.1, -0.05) is 51.8 Å². The molecule has 0 bridgehead atoms. The molecule has 120 valence electrons. The number of hydrogen-bond donors (Lipinski definition) is 2. The molecule has 0 aliphatic carbocycles. The van der Waals surface area contributed by atoms with Crippen LogP contribution in [0.5, 0.6) is 0 Å². The van der Waals surface area contributed by atoms with Crippen LogP contribution in [0.2, 0.25) is 0 Å². The number of unbranched alkanes of at least 4 members (excludes halogenated alkanes) is 3. The molecule has 0 radical (unpaired) electrons. The fraction of sp³-hybridized carbons (Fsp3) is 0.588. The van der Waals surface area contributed by atoms with Gasteiger partial charge in [0.15, 0.2) is 0 Å². The number of benzene rings is 1. The maximum absolute atomic E-state index is 12.0. The Morgan fingerprint density at radius 1 is 1.10 bits per heavy atom. The molecule has 0 atom stereocenters. The highest BCUT2D eigenvalue weighted by atomic mass is 35.5. The number of para-hydroxylation sites is 1. The third kappa shape index (κ3) is 7.49. The summed E-state index contributed by atoms with van der Waals surface area (Å²) in [6, 6.07) is 8.04. The first-order chi connectivity index (χ1) is 9.45. The van der Waals surface area contributed by atoms with Crippen LogP contribution in [0.25, 0.3) is 0 Å². The Morgan fingerprint density at radius 2 is 1.71 bits per heavy atom. The fourth-order valence-corrected chi connectivity index (χ4v) is 2.24. The molecule has 0 aromatic heterocycles. The van der Waals surface area contributed by atoms with Crippen LogP contribution in [0.3, 0.4) is 0 Å². The van der Waals surface area contributed by atoms with Gasteiger partial charge in [0.2, 0.25) is 5.91 Å². The quantitative estimate of drug-likeness (QED) is 0.739. The van der Waals surface area contributed by atoms with E-state index in [0.717, 1.165) is 37.9 Å². The van der Waals surface area contributed by atoms with Crippen molar-refractivity contribution in [2.45, 2.75) is 58.3 Å². The summed E-state index contributed by atoms with van der Waals surface area (Å²) in [5.41, 5.74) is 7.60. The number of hydrogen-bond acceptors (Lipinski definition) is 2. The fourth-order valence-electron chi connectivity index (χ4n) is 2.24. The molecule has 0 unspecified atom stereocenters. The van der Waals surface area contributed by atoms with Crippen molar-refractivity contribution >= 4 is 24.0 Å². The van der Waals surface area contributed by atoms with Gasteiger partial charge in [-0.25, -0.2) is 0 Å². The van der Waals surface area contributed by atoms with Crippen LogP contribution in [0, 0.1) is 0 Å². The number of carbonyl (C=O) groups excluding carboxylic acids is 1. The molecule has 0 saturated carbocycles. The summed E-state index contributed by atoms with van der Waals surface area (Å²) >= 11 is 0. The largest absolute Gasteiger partial charge is 0.330 e. The van der Waals surface area contributed by atoms with Gasteiger partial charge >= 0.3 is 0 Å². The summed E-state index contributed by atoms with van der Waals surface area (Å²) < 4.78 is 0. The summed E-state index contributed by atoms with van der Waals surface area (Å²) in [5, 5.41) is 3.04. The zero-order valence-corrected chi connectivity index (χ0v) is 14.3. The number of carbonyl (C=O) groups is 1. The molecule has 0 heterocycles. The lowest BCUT2D eigenvalue weighted by molar-refractivity contribution is -0.116. The molecular weight excluding hydrogens is 284 g/mol. The smallest absolute Gasteiger partial charge is 0.224 e. The molecule has 3 N–H and O–H groups in total. The monoisotopic (exact) mass is 312 g/mol. The first kappa shape index (κ1) is 19.9. The second-order valence-electron chi connectivity index (χ2n) is 6.30. The highest BCUT2D eigenvalue weighted by Gasteiger charge is 2.18. The second kappa shape index (κ2) is 9.80. The molecule has 1 aromatic carbocycles. The van der Waals surface area contributed by atoms with Gasteiger partial charge in [0.05, 0.1) is 0 Å². The van der Waals surface area contributed by atoms with Crippen molar-refractivity contribution in [1.82, 2.24) is 0 Å². The van der Waals surface area contributed by atoms with Crippen LogP contribution in [0.15, 0.2) is 24.3 Å². The van der Waals surface area contributed by atoms with Gasteiger partial charge in [0.1, 0.15) is 0 Å². The number of rotatable bonds is 7. The average molecular weight is 313 g/mol. The van der Waals surface area contributed by atoms with Crippen molar-refractivity contribution in [3.8, 4) is 0 Å². The van der Waals surface area contributed by atoms with Crippen molar-refractivity contribution in [2.24, 2.45) is 5.73 Å². The van der Waals surface area contributed by atoms with Crippen molar-refractivity contribution < 1.29 is 4.79 Å². The summed E-state index contributed by atoms with van der Waals surface area (Å²) in [6.07, 6.45) is 4.76. The summed E-state index contributed by atoms with van der Waals surface area (Å²) in [5.74, 6) is 0.106. The van der Waals surface area contributed by atoms with Crippen LogP contribution < -0.4 is 11.1 Å². The lowest BCUT2D eigenvalue weighted by atomic mass is 9.86. The number of halogens is 1. The Kier molecular flexibility index (Phi) is 9.31. The third-order valence-corrected chi connectivity index (χ3v) is 3.37. The van der Waals surface area contributed by atoms with Crippen LogP contribution in [-0.2, 0) is 10.2 Å². The lowest BCUT2D eigenvalue weighted by Crippen LogP contribution is -2.18. The molecule has 0 aliphatic heterocycles. The van der Waals surface area contributed by atoms with Gasteiger partial charge in [-0.05, 0) is 36.4 Å². The molecule has 1 aromatic rings. The van der Waals surface area contributed by atoms with E-state index in [1.165, 1.54) is 5.56 Å². The average Bonchev–Trinajstić information content (AvgIpc) is 2.38. The molecule has 0 fully saturated rings. The van der Waals surface area contributed by atoms with Crippen molar-refractivity contribution in [3.63, 3.8) is 0 Å². The number of nitrogens with one attached hydrogen (secondary N) is 1. The molecule has 1 amide bonds. The molecule has 0 spiro atoms. The van der Waals surface area contributed by atoms with Gasteiger partial charge < -0.3 is 11.1 Å². The molecular formula is C17H29ClN2O. The van der Waals surface area contributed by atoms with E-state index in [2.05, 4.69) is 32.2 Å². The second-order valence-corrected chi connectivity index (χ2v) is 6.30. The zero-order chi connectivity index (χ0) is 15.0. The van der Waals surface area contributed by atoms with Gasteiger partial charge in [-0.15, -0.1) is 12.4 Å². The van der Waals surface area contributed by atoms with Crippen molar-refractivity contribution in [1.29, 1.82) is 0 Å². The standard InChI is InChI=1S/C17H28N2O.ClH/c1-17(2,3)14-10-7-8-11-15(14)19-16(20)12-6-4-5-9-13-18;/h7-8,10-11H,4-6,9,12-13,18H2,1-3H3,(H,19,20);1H. The number of anilines is 1. The lowest BCUT2D eigenvalue weighted by Gasteiger charge is -2.23. The van der Waals surface area contributed by atoms with E-state index in [-0.39, 0.29) is 23.7 Å². The Morgan fingerprint density at radius 3 is 2.33 bits per heavy atom. The zero-order valence-electron chi connectivity index (χ0n) is 13.4. The third-order valence-electron chi connectivity index (χ3n) is 3.37. The first-order valence-corrected chi connectivity index (χ1v) is 7.54. The van der Waals surface area contributed by atoms with Gasteiger partial charge in [-0.2, -0.15) is 0 Å². The Labute approximate surface area is 135 Å². The Hall–Kier alpha value is -1.06. The van der Waals surface area contributed by atoms with E-state index in [4.69, 9.17) is 5.73 Å². The topological polar surface area (TPSA) is 55.1 Å². The molecule has 0 aliphatic rings. The van der Waals surface area contributed by atoms with Gasteiger partial charge in [-0.3, -0.25) is 4.79 Å². The molecule has 21 heavy (non-hydrogen) atoms. The Bertz CT molecular complexity index is 427. The summed E-state index contributed by atoms with van der Waals surface area (Å²) in [6.45, 7) is 7.21. The summed E-state index contributed by atoms with van der Waals surface area (Å²) in [4.78, 5) is 12.0. The molecule has 1 rings (SSSR count). The van der Waals surface area contributed by atoms with Crippen molar-refractivity contribution in [2.75, 3.05) is 11.9 Å². The van der Waals surface area contributed by atoms with Crippen LogP contribution >= 0.6 is 12.4 Å². The Balaban J connectivity index is 0.00000400. The SMILES string of the molecule is CC(C)(C)c1ccccc1NC(=O)CCCCCCN.Cl.